The van der Waals surface area contributed by atoms with Crippen molar-refractivity contribution in [3.05, 3.63) is 38.7 Å². The number of benzene rings is 1. The summed E-state index contributed by atoms with van der Waals surface area (Å²) in [6.45, 7) is 0. The van der Waals surface area contributed by atoms with Gasteiger partial charge in [-0.25, -0.2) is 4.79 Å². The van der Waals surface area contributed by atoms with Gasteiger partial charge in [0.15, 0.2) is 0 Å². The van der Waals surface area contributed by atoms with Gasteiger partial charge in [0.2, 0.25) is 11.5 Å². The predicted molar refractivity (Wildman–Crippen MR) is 62.2 cm³/mol. The van der Waals surface area contributed by atoms with Gasteiger partial charge < -0.3 is 13.9 Å². The Bertz CT molecular complexity index is 675. The maximum atomic E-state index is 11.1. The van der Waals surface area contributed by atoms with Crippen molar-refractivity contribution in [2.24, 2.45) is 0 Å². The maximum Gasteiger partial charge on any atom is 0.353 e. The highest BCUT2D eigenvalue weighted by Crippen LogP contribution is 2.42. The molecule has 0 saturated heterocycles. The Kier molecular flexibility index (Phi) is 2.88. The zero-order chi connectivity index (χ0) is 13.3. The number of rotatable bonds is 3. The van der Waals surface area contributed by atoms with E-state index >= 15 is 0 Å². The molecule has 7 heteroatoms. The van der Waals surface area contributed by atoms with E-state index in [1.54, 1.807) is 0 Å². The Hall–Kier alpha value is -2.57. The molecule has 0 atom stereocenters. The summed E-state index contributed by atoms with van der Waals surface area (Å²) in [5.74, 6) is -0.0307. The summed E-state index contributed by atoms with van der Waals surface area (Å²) >= 11 is 0. The lowest BCUT2D eigenvalue weighted by molar-refractivity contribution is -0.386. The van der Waals surface area contributed by atoms with Crippen LogP contribution >= 0.6 is 0 Å². The average molecular weight is 251 g/mol. The lowest BCUT2D eigenvalue weighted by Crippen LogP contribution is -2.01. The molecule has 0 aliphatic carbocycles. The molecule has 0 spiro atoms. The van der Waals surface area contributed by atoms with Gasteiger partial charge in [0.1, 0.15) is 5.58 Å². The molecular formula is C11H9NO6. The third-order valence-corrected chi connectivity index (χ3v) is 2.42. The molecule has 1 heterocycles. The van der Waals surface area contributed by atoms with Gasteiger partial charge in [0.25, 0.3) is 0 Å². The van der Waals surface area contributed by atoms with Crippen LogP contribution in [-0.2, 0) is 0 Å². The minimum absolute atomic E-state index is 0.00176. The van der Waals surface area contributed by atoms with Crippen LogP contribution in [0.2, 0.25) is 0 Å². The molecular weight excluding hydrogens is 242 g/mol. The highest BCUT2D eigenvalue weighted by molar-refractivity contribution is 5.90. The SMILES string of the molecule is COc1cc2oc(=O)ccc2c(OC)c1[N+](=O)[O-]. The van der Waals surface area contributed by atoms with Crippen molar-refractivity contribution in [3.8, 4) is 11.5 Å². The van der Waals surface area contributed by atoms with Crippen molar-refractivity contribution in [2.45, 2.75) is 0 Å². The zero-order valence-electron chi connectivity index (χ0n) is 9.63. The first kappa shape index (κ1) is 11.9. The molecule has 0 fully saturated rings. The van der Waals surface area contributed by atoms with E-state index in [0.717, 1.165) is 0 Å². The highest BCUT2D eigenvalue weighted by atomic mass is 16.6. The second kappa shape index (κ2) is 4.36. The number of methoxy groups -OCH3 is 2. The Morgan fingerprint density at radius 2 is 2.00 bits per heavy atom. The summed E-state index contributed by atoms with van der Waals surface area (Å²) in [4.78, 5) is 21.5. The molecule has 2 rings (SSSR count). The minimum Gasteiger partial charge on any atom is -0.490 e. The third kappa shape index (κ3) is 1.75. The number of nitrogens with zero attached hydrogens (tertiary/aromatic N) is 1. The van der Waals surface area contributed by atoms with E-state index in [0.29, 0.717) is 5.39 Å². The van der Waals surface area contributed by atoms with E-state index in [9.17, 15) is 14.9 Å². The fourth-order valence-electron chi connectivity index (χ4n) is 1.69. The van der Waals surface area contributed by atoms with Crippen LogP contribution in [-0.4, -0.2) is 19.1 Å². The standard InChI is InChI=1S/C11H9NO6/c1-16-8-5-7-6(3-4-9(13)18-7)11(17-2)10(8)12(14)15/h3-5H,1-2H3. The van der Waals surface area contributed by atoms with Gasteiger partial charge in [0, 0.05) is 12.1 Å². The molecule has 0 saturated carbocycles. The summed E-state index contributed by atoms with van der Waals surface area (Å²) < 4.78 is 14.9. The molecule has 18 heavy (non-hydrogen) atoms. The molecule has 0 unspecified atom stereocenters. The van der Waals surface area contributed by atoms with Crippen LogP contribution in [0.15, 0.2) is 27.4 Å². The topological polar surface area (TPSA) is 91.8 Å². The molecule has 1 aromatic carbocycles. The molecule has 0 radical (unpaired) electrons. The quantitative estimate of drug-likeness (QED) is 0.468. The van der Waals surface area contributed by atoms with E-state index in [1.165, 1.54) is 32.4 Å². The monoisotopic (exact) mass is 251 g/mol. The third-order valence-electron chi connectivity index (χ3n) is 2.42. The number of nitro groups is 1. The number of ether oxygens (including phenoxy) is 2. The number of nitro benzene ring substituents is 1. The molecule has 0 aliphatic rings. The van der Waals surface area contributed by atoms with Crippen molar-refractivity contribution in [2.75, 3.05) is 14.2 Å². The van der Waals surface area contributed by atoms with E-state index in [1.807, 2.05) is 0 Å². The minimum atomic E-state index is -0.609. The van der Waals surface area contributed by atoms with Gasteiger partial charge in [-0.15, -0.1) is 0 Å². The van der Waals surface area contributed by atoms with Gasteiger partial charge in [-0.05, 0) is 6.07 Å². The molecule has 7 nitrogen and oxygen atoms in total. The van der Waals surface area contributed by atoms with Crippen molar-refractivity contribution in [1.82, 2.24) is 0 Å². The Morgan fingerprint density at radius 1 is 1.28 bits per heavy atom. The predicted octanol–water partition coefficient (Wildman–Crippen LogP) is 1.72. The van der Waals surface area contributed by atoms with Crippen molar-refractivity contribution >= 4 is 16.7 Å². The lowest BCUT2D eigenvalue weighted by Gasteiger charge is -2.08. The largest absolute Gasteiger partial charge is 0.490 e. The van der Waals surface area contributed by atoms with Crippen LogP contribution in [0.1, 0.15) is 0 Å². The Balaban J connectivity index is 2.94. The molecule has 0 amide bonds. The first-order valence-electron chi connectivity index (χ1n) is 4.91. The summed E-state index contributed by atoms with van der Waals surface area (Å²) in [5, 5.41) is 11.4. The van der Waals surface area contributed by atoms with E-state index in [2.05, 4.69) is 0 Å². The van der Waals surface area contributed by atoms with Crippen LogP contribution in [0.25, 0.3) is 11.0 Å². The highest BCUT2D eigenvalue weighted by Gasteiger charge is 2.26. The second-order valence-corrected chi connectivity index (χ2v) is 3.38. The summed E-state index contributed by atoms with van der Waals surface area (Å²) in [7, 11) is 2.58. The number of hydrogen-bond donors (Lipinski definition) is 0. The van der Waals surface area contributed by atoms with Gasteiger partial charge in [-0.3, -0.25) is 10.1 Å². The van der Waals surface area contributed by atoms with E-state index < -0.39 is 10.5 Å². The molecule has 2 aromatic rings. The number of fused-ring (bicyclic) bond motifs is 1. The Labute approximate surface area is 101 Å². The van der Waals surface area contributed by atoms with Crippen molar-refractivity contribution in [1.29, 1.82) is 0 Å². The maximum absolute atomic E-state index is 11.1. The summed E-state index contributed by atoms with van der Waals surface area (Å²) in [6.07, 6.45) is 0. The van der Waals surface area contributed by atoms with Gasteiger partial charge in [0.05, 0.1) is 24.5 Å². The van der Waals surface area contributed by atoms with Crippen molar-refractivity contribution in [3.63, 3.8) is 0 Å². The molecule has 94 valence electrons. The van der Waals surface area contributed by atoms with Gasteiger partial charge in [-0.1, -0.05) is 0 Å². The smallest absolute Gasteiger partial charge is 0.353 e. The van der Waals surface area contributed by atoms with Crippen LogP contribution in [0.3, 0.4) is 0 Å². The van der Waals surface area contributed by atoms with E-state index in [-0.39, 0.29) is 22.8 Å². The second-order valence-electron chi connectivity index (χ2n) is 3.38. The Morgan fingerprint density at radius 3 is 2.56 bits per heavy atom. The molecule has 0 bridgehead atoms. The van der Waals surface area contributed by atoms with Crippen LogP contribution in [0.4, 0.5) is 5.69 Å². The van der Waals surface area contributed by atoms with Crippen LogP contribution < -0.4 is 15.1 Å². The van der Waals surface area contributed by atoms with Crippen LogP contribution in [0.5, 0.6) is 11.5 Å². The molecule has 0 N–H and O–H groups in total. The lowest BCUT2D eigenvalue weighted by atomic mass is 10.1. The number of hydrogen-bond acceptors (Lipinski definition) is 6. The summed E-state index contributed by atoms with van der Waals surface area (Å²) in [6, 6.07) is 3.87. The van der Waals surface area contributed by atoms with E-state index in [4.69, 9.17) is 13.9 Å². The summed E-state index contributed by atoms with van der Waals surface area (Å²) in [5.41, 5.74) is -0.691. The zero-order valence-corrected chi connectivity index (χ0v) is 9.63. The fraction of sp³-hybridized carbons (Fsp3) is 0.182. The molecule has 0 aliphatic heterocycles. The van der Waals surface area contributed by atoms with Crippen molar-refractivity contribution < 1.29 is 18.8 Å². The van der Waals surface area contributed by atoms with Gasteiger partial charge in [-0.2, -0.15) is 0 Å². The fourth-order valence-corrected chi connectivity index (χ4v) is 1.69. The first-order valence-corrected chi connectivity index (χ1v) is 4.91. The van der Waals surface area contributed by atoms with Gasteiger partial charge >= 0.3 is 11.3 Å². The molecule has 1 aromatic heterocycles. The average Bonchev–Trinajstić information content (AvgIpc) is 2.35. The van der Waals surface area contributed by atoms with Crippen LogP contribution in [0, 0.1) is 10.1 Å². The normalized spacial score (nSPS) is 10.3. The first-order chi connectivity index (χ1) is 8.58.